The predicted octanol–water partition coefficient (Wildman–Crippen LogP) is 24.1. The third-order valence-electron chi connectivity index (χ3n) is 17.1. The molecule has 0 radical (unpaired) electrons. The van der Waals surface area contributed by atoms with E-state index in [4.69, 9.17) is 8.83 Å². The van der Waals surface area contributed by atoms with Gasteiger partial charge in [-0.05, 0) is 152 Å². The van der Waals surface area contributed by atoms with Gasteiger partial charge in [0.25, 0.3) is 0 Å². The van der Waals surface area contributed by atoms with E-state index in [1.165, 1.54) is 27.8 Å². The lowest BCUT2D eigenvalue weighted by Crippen LogP contribution is -2.10. The van der Waals surface area contributed by atoms with Gasteiger partial charge in [0.05, 0.1) is 0 Å². The van der Waals surface area contributed by atoms with Gasteiger partial charge >= 0.3 is 0 Å². The van der Waals surface area contributed by atoms with Gasteiger partial charge in [-0.2, -0.15) is 0 Å². The summed E-state index contributed by atoms with van der Waals surface area (Å²) in [5, 5.41) is 4.49. The van der Waals surface area contributed by atoms with Crippen molar-refractivity contribution in [1.82, 2.24) is 0 Å². The SMILES string of the molecule is c1ccc(-c2ccc(N(c3ccc(-c4cccc(-c5ccc(N(c6ccc(-c7ccccc7)cc6)c6ccc(-c7cccc8c7oc7ccccc78)cc6)cc5)c4-c4ccccc4)cc3)c3ccc(-c4cccc5c4oc4ccccc45)cc3)cc2)cc1. The van der Waals surface area contributed by atoms with E-state index < -0.39 is 0 Å². The highest BCUT2D eigenvalue weighted by atomic mass is 16.3. The fourth-order valence-electron chi connectivity index (χ4n) is 12.8. The maximum atomic E-state index is 6.49. The van der Waals surface area contributed by atoms with E-state index in [1.54, 1.807) is 0 Å². The largest absolute Gasteiger partial charge is 0.455 e. The van der Waals surface area contributed by atoms with Crippen LogP contribution in [0.15, 0.2) is 349 Å². The van der Waals surface area contributed by atoms with Crippen LogP contribution in [0.4, 0.5) is 34.1 Å². The summed E-state index contributed by atoms with van der Waals surface area (Å²) in [4.78, 5) is 4.69. The van der Waals surface area contributed by atoms with E-state index in [2.05, 4.69) is 325 Å². The minimum absolute atomic E-state index is 0.893. The molecule has 0 amide bonds. The molecular formula is C84H56N2O2. The molecule has 0 unspecified atom stereocenters. The molecule has 0 N–H and O–H groups in total. The van der Waals surface area contributed by atoms with Crippen LogP contribution in [0.25, 0.3) is 122 Å². The van der Waals surface area contributed by atoms with Crippen molar-refractivity contribution in [2.24, 2.45) is 0 Å². The van der Waals surface area contributed by atoms with Crippen LogP contribution >= 0.6 is 0 Å². The number of para-hydroxylation sites is 4. The van der Waals surface area contributed by atoms with Crippen LogP contribution in [0.3, 0.4) is 0 Å². The lowest BCUT2D eigenvalue weighted by Gasteiger charge is -2.27. The van der Waals surface area contributed by atoms with Gasteiger partial charge < -0.3 is 18.6 Å². The summed E-state index contributed by atoms with van der Waals surface area (Å²) < 4.78 is 13.0. The maximum Gasteiger partial charge on any atom is 0.143 e. The zero-order valence-corrected chi connectivity index (χ0v) is 48.0. The Morgan fingerprint density at radius 1 is 0.170 bits per heavy atom. The van der Waals surface area contributed by atoms with E-state index in [0.29, 0.717) is 0 Å². The molecule has 0 saturated carbocycles. The van der Waals surface area contributed by atoms with Gasteiger partial charge in [0, 0.05) is 66.8 Å². The minimum atomic E-state index is 0.893. The van der Waals surface area contributed by atoms with Crippen molar-refractivity contribution in [3.63, 3.8) is 0 Å². The minimum Gasteiger partial charge on any atom is -0.455 e. The first-order valence-corrected chi connectivity index (χ1v) is 30.0. The molecule has 2 aromatic heterocycles. The third kappa shape index (κ3) is 9.56. The summed E-state index contributed by atoms with van der Waals surface area (Å²) in [5.74, 6) is 0. The average molecular weight is 1130 g/mol. The molecule has 14 aromatic carbocycles. The summed E-state index contributed by atoms with van der Waals surface area (Å²) in [6.45, 7) is 0. The first-order valence-electron chi connectivity index (χ1n) is 30.0. The molecular weight excluding hydrogens is 1070 g/mol. The number of fused-ring (bicyclic) bond motifs is 6. The summed E-state index contributed by atoms with van der Waals surface area (Å²) in [7, 11) is 0. The number of nitrogens with zero attached hydrogens (tertiary/aromatic N) is 2. The van der Waals surface area contributed by atoms with Crippen molar-refractivity contribution < 1.29 is 8.83 Å². The second kappa shape index (κ2) is 22.4. The number of anilines is 6. The molecule has 0 aliphatic carbocycles. The Hall–Kier alpha value is -11.7. The van der Waals surface area contributed by atoms with Crippen molar-refractivity contribution in [2.75, 3.05) is 9.80 Å². The van der Waals surface area contributed by atoms with Crippen LogP contribution < -0.4 is 9.80 Å². The maximum absolute atomic E-state index is 6.49. The van der Waals surface area contributed by atoms with Crippen LogP contribution in [-0.2, 0) is 0 Å². The molecule has 0 aliphatic rings. The van der Waals surface area contributed by atoms with E-state index in [-0.39, 0.29) is 0 Å². The van der Waals surface area contributed by atoms with Crippen LogP contribution in [0.2, 0.25) is 0 Å². The van der Waals surface area contributed by atoms with Gasteiger partial charge in [-0.25, -0.2) is 0 Å². The molecule has 414 valence electrons. The second-order valence-corrected chi connectivity index (χ2v) is 22.3. The topological polar surface area (TPSA) is 32.8 Å². The summed E-state index contributed by atoms with van der Waals surface area (Å²) in [6.07, 6.45) is 0. The lowest BCUT2D eigenvalue weighted by atomic mass is 9.87. The molecule has 88 heavy (non-hydrogen) atoms. The molecule has 16 aromatic rings. The highest BCUT2D eigenvalue weighted by molar-refractivity contribution is 6.11. The van der Waals surface area contributed by atoms with Crippen molar-refractivity contribution in [3.05, 3.63) is 340 Å². The Balaban J connectivity index is 0.753. The number of rotatable bonds is 13. The number of hydrogen-bond donors (Lipinski definition) is 0. The second-order valence-electron chi connectivity index (χ2n) is 22.3. The van der Waals surface area contributed by atoms with Crippen molar-refractivity contribution in [2.45, 2.75) is 0 Å². The summed E-state index contributed by atoms with van der Waals surface area (Å²) in [6, 6.07) is 122. The van der Waals surface area contributed by atoms with Gasteiger partial charge in [-0.1, -0.05) is 255 Å². The Kier molecular flexibility index (Phi) is 13.2. The Labute approximate surface area is 511 Å². The van der Waals surface area contributed by atoms with Gasteiger partial charge in [0.2, 0.25) is 0 Å². The summed E-state index contributed by atoms with van der Waals surface area (Å²) >= 11 is 0. The Morgan fingerprint density at radius 3 is 0.773 bits per heavy atom. The Morgan fingerprint density at radius 2 is 0.420 bits per heavy atom. The van der Waals surface area contributed by atoms with Gasteiger partial charge in [0.1, 0.15) is 22.3 Å². The van der Waals surface area contributed by atoms with Gasteiger partial charge in [-0.3, -0.25) is 0 Å². The van der Waals surface area contributed by atoms with Crippen molar-refractivity contribution in [3.8, 4) is 77.9 Å². The van der Waals surface area contributed by atoms with Gasteiger partial charge in [0.15, 0.2) is 0 Å². The number of hydrogen-bond acceptors (Lipinski definition) is 4. The monoisotopic (exact) mass is 1120 g/mol. The lowest BCUT2D eigenvalue weighted by molar-refractivity contribution is 0.669. The van der Waals surface area contributed by atoms with Gasteiger partial charge in [-0.15, -0.1) is 0 Å². The number of furan rings is 2. The molecule has 16 rings (SSSR count). The Bertz CT molecular complexity index is 4830. The number of benzene rings is 14. The molecule has 0 aliphatic heterocycles. The molecule has 0 spiro atoms. The predicted molar refractivity (Wildman–Crippen MR) is 368 cm³/mol. The van der Waals surface area contributed by atoms with Crippen LogP contribution in [0, 0.1) is 0 Å². The van der Waals surface area contributed by atoms with Crippen molar-refractivity contribution >= 4 is 78.0 Å². The fourth-order valence-corrected chi connectivity index (χ4v) is 12.8. The molecule has 0 atom stereocenters. The molecule has 0 fully saturated rings. The van der Waals surface area contributed by atoms with Crippen molar-refractivity contribution in [1.29, 1.82) is 0 Å². The normalized spacial score (nSPS) is 11.4. The summed E-state index contributed by atoms with van der Waals surface area (Å²) in [5.41, 5.74) is 25.8. The molecule has 2 heterocycles. The molecule has 4 heteroatoms. The smallest absolute Gasteiger partial charge is 0.143 e. The van der Waals surface area contributed by atoms with E-state index in [9.17, 15) is 0 Å². The van der Waals surface area contributed by atoms with E-state index in [1.807, 2.05) is 24.3 Å². The average Bonchev–Trinajstić information content (AvgIpc) is 2.55. The zero-order valence-electron chi connectivity index (χ0n) is 48.0. The zero-order chi connectivity index (χ0) is 58.3. The van der Waals surface area contributed by atoms with E-state index >= 15 is 0 Å². The third-order valence-corrected chi connectivity index (χ3v) is 17.1. The van der Waals surface area contributed by atoms with Crippen LogP contribution in [0.1, 0.15) is 0 Å². The standard InChI is InChI=1S/C84H56N2O2/c1-4-17-57(18-5-1)59-33-45-66(46-34-59)85(70-53-41-63(42-54-70)74-27-15-29-78-76-23-10-12-31-80(76)87-83(74)78)68-49-37-61(38-50-68)72-25-14-26-73(82(72)65-21-8-3-9-22-65)62-39-51-69(52-40-62)86(67-47-35-60(36-48-67)58-19-6-2-7-20-58)71-55-43-64(44-56-71)75-28-16-30-79-77-24-11-13-32-81(77)88-84(75)79/h1-56H. The molecule has 4 nitrogen and oxygen atoms in total. The highest BCUT2D eigenvalue weighted by Crippen LogP contribution is 2.46. The first-order chi connectivity index (χ1) is 43.6. The highest BCUT2D eigenvalue weighted by Gasteiger charge is 2.21. The van der Waals surface area contributed by atoms with Crippen LogP contribution in [-0.4, -0.2) is 0 Å². The fraction of sp³-hybridized carbons (Fsp3) is 0. The first kappa shape index (κ1) is 51.9. The molecule has 0 bridgehead atoms. The van der Waals surface area contributed by atoms with E-state index in [0.717, 1.165) is 128 Å². The van der Waals surface area contributed by atoms with Crippen LogP contribution in [0.5, 0.6) is 0 Å². The quantitative estimate of drug-likeness (QED) is 0.115. The molecule has 0 saturated heterocycles.